The molecule has 22 heteroatoms. The van der Waals surface area contributed by atoms with Crippen molar-refractivity contribution in [2.24, 2.45) is 0 Å². The van der Waals surface area contributed by atoms with Crippen molar-refractivity contribution in [2.45, 2.75) is 33.7 Å². The standard InChI is InChI=1S/C22H30B12ClF2N3O4/c23-9-8(10(24)12(26)13(35)11(9)25)18(36,37)15(42)38-21(30,31)6-1-2-7-5(3-6)4-39(14(7)41)20(29)17(44)40(34)16(43)19(27,28)22(20,32)33/h1-3H,4,23-34H2,(H,38,42). The van der Waals surface area contributed by atoms with Crippen molar-refractivity contribution in [1.82, 2.24) is 15.0 Å². The van der Waals surface area contributed by atoms with Gasteiger partial charge >= 0.3 is 5.92 Å². The fourth-order valence-electron chi connectivity index (χ4n) is 6.79. The number of hydrogen-bond acceptors (Lipinski definition) is 4. The lowest BCUT2D eigenvalue weighted by Gasteiger charge is -2.61. The molecule has 1 saturated heterocycles. The predicted molar refractivity (Wildman–Crippen MR) is 203 cm³/mol. The molecule has 2 aromatic carbocycles. The Hall–Kier alpha value is -2.55. The summed E-state index contributed by atoms with van der Waals surface area (Å²) in [7, 11) is 19.9. The van der Waals surface area contributed by atoms with Gasteiger partial charge in [0.1, 0.15) is 86.3 Å². The molecule has 1 unspecified atom stereocenters. The van der Waals surface area contributed by atoms with Gasteiger partial charge < -0.3 is 15.0 Å². The van der Waals surface area contributed by atoms with E-state index in [9.17, 15) is 19.2 Å². The van der Waals surface area contributed by atoms with Gasteiger partial charge in [0.05, 0.1) is 5.44 Å². The number of rotatable bonds is 5. The van der Waals surface area contributed by atoms with Gasteiger partial charge in [-0.15, -0.1) is 0 Å². The Labute approximate surface area is 272 Å². The highest BCUT2D eigenvalue weighted by molar-refractivity contribution is 6.68. The van der Waals surface area contributed by atoms with Crippen molar-refractivity contribution < 1.29 is 28.0 Å². The molecule has 0 radical (unpaired) electrons. The first-order chi connectivity index (χ1) is 19.9. The van der Waals surface area contributed by atoms with Crippen LogP contribution in [0.15, 0.2) is 18.2 Å². The van der Waals surface area contributed by atoms with Crippen molar-refractivity contribution in [2.75, 3.05) is 0 Å². The molecule has 2 aliphatic rings. The van der Waals surface area contributed by atoms with E-state index in [1.54, 1.807) is 73.1 Å². The number of amides is 4. The monoisotopic (exact) mass is 605 g/mol. The van der Waals surface area contributed by atoms with Gasteiger partial charge in [0.2, 0.25) is 19.8 Å². The van der Waals surface area contributed by atoms with Gasteiger partial charge in [-0.1, -0.05) is 50.8 Å². The number of piperidine rings is 1. The van der Waals surface area contributed by atoms with Crippen molar-refractivity contribution in [1.29, 1.82) is 0 Å². The van der Waals surface area contributed by atoms with E-state index in [1.807, 2.05) is 15.7 Å². The average molecular weight is 604 g/mol. The average Bonchev–Trinajstić information content (AvgIpc) is 3.28. The molecule has 0 aromatic heterocycles. The van der Waals surface area contributed by atoms with Gasteiger partial charge in [0, 0.05) is 28.0 Å². The van der Waals surface area contributed by atoms with Crippen LogP contribution in [0.3, 0.4) is 0 Å². The number of carbonyl (C=O) groups is 4. The minimum atomic E-state index is -3.84. The lowest BCUT2D eigenvalue weighted by molar-refractivity contribution is -0.149. The Morgan fingerprint density at radius 2 is 1.43 bits per heavy atom. The van der Waals surface area contributed by atoms with Crippen molar-refractivity contribution in [3.63, 3.8) is 0 Å². The number of carbonyl (C=O) groups excluding carboxylic acids is 4. The zero-order valence-corrected chi connectivity index (χ0v) is 28.4. The van der Waals surface area contributed by atoms with Crippen molar-refractivity contribution in [3.05, 3.63) is 45.5 Å². The first-order valence-electron chi connectivity index (χ1n) is 14.6. The molecule has 1 fully saturated rings. The third kappa shape index (κ3) is 4.53. The van der Waals surface area contributed by atoms with Gasteiger partial charge in [0.25, 0.3) is 11.8 Å². The molecular weight excluding hydrogens is 573 g/mol. The van der Waals surface area contributed by atoms with Crippen LogP contribution in [0, 0.1) is 0 Å². The second kappa shape index (κ2) is 10.5. The Morgan fingerprint density at radius 1 is 0.909 bits per heavy atom. The summed E-state index contributed by atoms with van der Waals surface area (Å²) >= 11 is 6.34. The number of alkyl halides is 2. The van der Waals surface area contributed by atoms with Gasteiger partial charge in [-0.05, 0) is 22.4 Å². The summed E-state index contributed by atoms with van der Waals surface area (Å²) in [4.78, 5) is 56.4. The Morgan fingerprint density at radius 3 is 1.95 bits per heavy atom. The highest BCUT2D eigenvalue weighted by atomic mass is 35.5. The molecule has 0 bridgehead atoms. The molecule has 2 heterocycles. The number of imide groups is 1. The van der Waals surface area contributed by atoms with Crippen LogP contribution in [0.5, 0.6) is 0 Å². The summed E-state index contributed by atoms with van der Waals surface area (Å²) in [6, 6.07) is 4.94. The summed E-state index contributed by atoms with van der Waals surface area (Å²) in [6.07, 6.45) is 0. The topological polar surface area (TPSA) is 86.8 Å². The highest BCUT2D eigenvalue weighted by Gasteiger charge is 2.65. The molecule has 44 heavy (non-hydrogen) atoms. The Kier molecular flexibility index (Phi) is 8.19. The van der Waals surface area contributed by atoms with Crippen LogP contribution in [0.25, 0.3) is 0 Å². The normalized spacial score (nSPS) is 21.3. The zero-order chi connectivity index (χ0) is 33.7. The van der Waals surface area contributed by atoms with Gasteiger partial charge in [0.15, 0.2) is 0 Å². The molecule has 0 aliphatic carbocycles. The SMILES string of the molecule is Bc1c(B)c(C(F)(F)C(=O)NC(B)(B)c2ccc3c(c2)CN(C2(B)C(=O)N(B)C(=O)C(B)(B)C2(B)B)C3=O)c(B)c(B)c1Cl. The number of nitrogens with zero attached hydrogens (tertiary/aromatic N) is 2. The lowest BCUT2D eigenvalue weighted by atomic mass is 9.21. The quantitative estimate of drug-likeness (QED) is 0.272. The number of halogens is 3. The summed E-state index contributed by atoms with van der Waals surface area (Å²) in [5, 5.41) is -0.216. The number of hydrogen-bond donors (Lipinski definition) is 1. The van der Waals surface area contributed by atoms with E-state index in [0.717, 1.165) is 4.81 Å². The predicted octanol–water partition coefficient (Wildman–Crippen LogP) is -12.4. The van der Waals surface area contributed by atoms with E-state index in [0.29, 0.717) is 32.6 Å². The maximum Gasteiger partial charge on any atom is 0.348 e. The van der Waals surface area contributed by atoms with Crippen LogP contribution in [0.2, 0.25) is 15.5 Å². The van der Waals surface area contributed by atoms with E-state index in [1.165, 1.54) is 28.6 Å². The van der Waals surface area contributed by atoms with Crippen LogP contribution in [0.1, 0.15) is 27.0 Å². The molecule has 1 N–H and O–H groups in total. The van der Waals surface area contributed by atoms with Crippen LogP contribution >= 0.6 is 11.6 Å². The second-order valence-corrected chi connectivity index (χ2v) is 14.5. The molecule has 0 spiro atoms. The van der Waals surface area contributed by atoms with E-state index < -0.39 is 38.9 Å². The van der Waals surface area contributed by atoms with Crippen LogP contribution in [-0.4, -0.2) is 133 Å². The lowest BCUT2D eigenvalue weighted by Crippen LogP contribution is -2.75. The third-order valence-corrected chi connectivity index (χ3v) is 11.6. The fraction of sp³-hybridized carbons (Fsp3) is 0.273. The molecule has 2 aliphatic heterocycles. The van der Waals surface area contributed by atoms with Gasteiger partial charge in [-0.25, -0.2) is 0 Å². The van der Waals surface area contributed by atoms with Gasteiger partial charge in [-0.2, -0.15) is 8.78 Å². The summed E-state index contributed by atoms with van der Waals surface area (Å²) in [6.45, 7) is 0.0771. The van der Waals surface area contributed by atoms with Crippen LogP contribution < -0.4 is 27.2 Å². The summed E-state index contributed by atoms with van der Waals surface area (Å²) in [5.74, 6) is -6.44. The van der Waals surface area contributed by atoms with Crippen molar-refractivity contribution >= 4 is 151 Å². The minimum absolute atomic E-state index is 0.0771. The number of fused-ring (bicyclic) bond motifs is 1. The molecule has 1 atom stereocenters. The third-order valence-electron chi connectivity index (χ3n) is 11.1. The van der Waals surface area contributed by atoms with Gasteiger partial charge in [-0.3, -0.25) is 19.2 Å². The molecule has 0 saturated carbocycles. The van der Waals surface area contributed by atoms with Crippen LogP contribution in [0.4, 0.5) is 8.78 Å². The smallest absolute Gasteiger partial charge is 0.348 e. The number of benzene rings is 2. The molecule has 7 nitrogen and oxygen atoms in total. The molecule has 4 rings (SSSR count). The highest BCUT2D eigenvalue weighted by Crippen LogP contribution is 2.57. The maximum atomic E-state index is 15.8. The number of nitrogens with one attached hydrogen (secondary N) is 1. The minimum Gasteiger partial charge on any atom is -0.357 e. The van der Waals surface area contributed by atoms with E-state index >= 15 is 8.78 Å². The zero-order valence-electron chi connectivity index (χ0n) is 27.6. The molecule has 4 amide bonds. The molecular formula is C22H30B12ClF2N3O4. The summed E-state index contributed by atoms with van der Waals surface area (Å²) < 4.78 is 31.7. The molecule has 214 valence electrons. The second-order valence-electron chi connectivity index (χ2n) is 14.1. The largest absolute Gasteiger partial charge is 0.357 e. The Bertz CT molecular complexity index is 1650. The maximum absolute atomic E-state index is 15.8. The fourth-order valence-corrected chi connectivity index (χ4v) is 7.07. The summed E-state index contributed by atoms with van der Waals surface area (Å²) in [5.41, 5.74) is 1.28. The van der Waals surface area contributed by atoms with E-state index in [-0.39, 0.29) is 34.8 Å². The first-order valence-corrected chi connectivity index (χ1v) is 15.0. The van der Waals surface area contributed by atoms with E-state index in [2.05, 4.69) is 5.32 Å². The van der Waals surface area contributed by atoms with Crippen LogP contribution in [-0.2, 0) is 32.2 Å². The van der Waals surface area contributed by atoms with Crippen molar-refractivity contribution in [3.8, 4) is 0 Å². The van der Waals surface area contributed by atoms with E-state index in [4.69, 9.17) is 11.6 Å². The first kappa shape index (κ1) is 34.3. The Balaban J connectivity index is 1.68. The molecule has 2 aromatic rings.